The molecule has 0 spiro atoms. The molecule has 4 heteroatoms. The summed E-state index contributed by atoms with van der Waals surface area (Å²) in [6, 6.07) is 8.60. The zero-order valence-corrected chi connectivity index (χ0v) is 11.8. The normalized spacial score (nSPS) is 19.4. The predicted molar refractivity (Wildman–Crippen MR) is 77.4 cm³/mol. The Hall–Kier alpha value is -1.26. The smallest absolute Gasteiger partial charge is 0.0817 e. The van der Waals surface area contributed by atoms with Gasteiger partial charge in [0.15, 0.2) is 0 Å². The summed E-state index contributed by atoms with van der Waals surface area (Å²) in [5.41, 5.74) is 2.35. The second-order valence-electron chi connectivity index (χ2n) is 4.97. The van der Waals surface area contributed by atoms with Crippen LogP contribution in [0, 0.1) is 0 Å². The maximum Gasteiger partial charge on any atom is 0.0817 e. The van der Waals surface area contributed by atoms with Gasteiger partial charge in [-0.3, -0.25) is 4.68 Å². The molecular weight excluding hydrogens is 256 g/mol. The third-order valence-electron chi connectivity index (χ3n) is 3.63. The van der Waals surface area contributed by atoms with Gasteiger partial charge in [-0.15, -0.1) is 11.8 Å². The first-order valence-electron chi connectivity index (χ1n) is 6.70. The largest absolute Gasteiger partial charge is 0.388 e. The summed E-state index contributed by atoms with van der Waals surface area (Å²) in [5, 5.41) is 14.2. The lowest BCUT2D eigenvalue weighted by Crippen LogP contribution is -2.09. The first-order chi connectivity index (χ1) is 9.28. The van der Waals surface area contributed by atoms with Crippen molar-refractivity contribution in [3.63, 3.8) is 0 Å². The lowest BCUT2D eigenvalue weighted by molar-refractivity contribution is 0.173. The summed E-state index contributed by atoms with van der Waals surface area (Å²) < 4.78 is 1.96. The molecule has 2 aromatic rings. The number of rotatable bonds is 4. The van der Waals surface area contributed by atoms with E-state index in [4.69, 9.17) is 0 Å². The molecule has 3 rings (SSSR count). The van der Waals surface area contributed by atoms with Crippen LogP contribution in [0.5, 0.6) is 0 Å². The van der Waals surface area contributed by atoms with Gasteiger partial charge in [0.2, 0.25) is 0 Å². The van der Waals surface area contributed by atoms with Gasteiger partial charge in [0.05, 0.1) is 12.3 Å². The summed E-state index contributed by atoms with van der Waals surface area (Å²) in [4.78, 5) is 1.40. The number of benzene rings is 1. The van der Waals surface area contributed by atoms with Crippen molar-refractivity contribution in [2.24, 2.45) is 0 Å². The van der Waals surface area contributed by atoms with Crippen LogP contribution < -0.4 is 0 Å². The molecule has 1 aromatic carbocycles. The zero-order valence-electron chi connectivity index (χ0n) is 11.0. The fourth-order valence-corrected chi connectivity index (χ4v) is 3.74. The Labute approximate surface area is 117 Å². The highest BCUT2D eigenvalue weighted by atomic mass is 32.2. The Balaban J connectivity index is 1.74. The first kappa shape index (κ1) is 12.8. The molecule has 2 heterocycles. The summed E-state index contributed by atoms with van der Waals surface area (Å²) in [7, 11) is 0. The third-order valence-corrected chi connectivity index (χ3v) is 4.88. The molecule has 0 fully saturated rings. The average molecular weight is 274 g/mol. The Bertz CT molecular complexity index is 567. The molecule has 1 N–H and O–H groups in total. The van der Waals surface area contributed by atoms with E-state index in [-0.39, 0.29) is 6.10 Å². The van der Waals surface area contributed by atoms with Gasteiger partial charge in [-0.1, -0.05) is 25.1 Å². The van der Waals surface area contributed by atoms with Crippen molar-refractivity contribution in [1.29, 1.82) is 0 Å². The number of thioether (sulfide) groups is 1. The van der Waals surface area contributed by atoms with Crippen LogP contribution in [0.2, 0.25) is 0 Å². The summed E-state index contributed by atoms with van der Waals surface area (Å²) in [6.07, 6.45) is 4.09. The number of fused-ring (bicyclic) bond motifs is 1. The lowest BCUT2D eigenvalue weighted by Gasteiger charge is -2.10. The SMILES string of the molecule is CCC(O)c1cnn(CC2CSc3ccccc32)c1. The first-order valence-corrected chi connectivity index (χ1v) is 7.68. The van der Waals surface area contributed by atoms with Crippen LogP contribution in [0.1, 0.15) is 36.5 Å². The van der Waals surface area contributed by atoms with E-state index in [2.05, 4.69) is 29.4 Å². The Morgan fingerprint density at radius 1 is 1.47 bits per heavy atom. The highest BCUT2D eigenvalue weighted by Crippen LogP contribution is 2.39. The summed E-state index contributed by atoms with van der Waals surface area (Å²) >= 11 is 1.92. The van der Waals surface area contributed by atoms with E-state index in [1.165, 1.54) is 10.5 Å². The van der Waals surface area contributed by atoms with Crippen molar-refractivity contribution in [2.75, 3.05) is 5.75 Å². The molecule has 0 bridgehead atoms. The Morgan fingerprint density at radius 2 is 2.32 bits per heavy atom. The fourth-order valence-electron chi connectivity index (χ4n) is 2.49. The van der Waals surface area contributed by atoms with Gasteiger partial charge in [-0.2, -0.15) is 5.10 Å². The summed E-state index contributed by atoms with van der Waals surface area (Å²) in [5.74, 6) is 1.64. The molecule has 0 saturated heterocycles. The van der Waals surface area contributed by atoms with Gasteiger partial charge in [0.25, 0.3) is 0 Å². The van der Waals surface area contributed by atoms with Crippen molar-refractivity contribution in [3.8, 4) is 0 Å². The lowest BCUT2D eigenvalue weighted by atomic mass is 10.0. The highest BCUT2D eigenvalue weighted by molar-refractivity contribution is 7.99. The minimum atomic E-state index is -0.390. The highest BCUT2D eigenvalue weighted by Gasteiger charge is 2.23. The van der Waals surface area contributed by atoms with E-state index < -0.39 is 0 Å². The van der Waals surface area contributed by atoms with E-state index >= 15 is 0 Å². The van der Waals surface area contributed by atoms with Crippen LogP contribution in [0.15, 0.2) is 41.6 Å². The van der Waals surface area contributed by atoms with Crippen LogP contribution in [-0.4, -0.2) is 20.6 Å². The summed E-state index contributed by atoms with van der Waals surface area (Å²) in [6.45, 7) is 2.87. The van der Waals surface area contributed by atoms with E-state index in [0.29, 0.717) is 5.92 Å². The number of aliphatic hydroxyl groups is 1. The van der Waals surface area contributed by atoms with E-state index in [1.807, 2.05) is 29.6 Å². The number of hydrogen-bond donors (Lipinski definition) is 1. The average Bonchev–Trinajstić information content (AvgIpc) is 3.06. The second-order valence-corrected chi connectivity index (χ2v) is 6.03. The Morgan fingerprint density at radius 3 is 3.16 bits per heavy atom. The maximum atomic E-state index is 9.80. The predicted octanol–water partition coefficient (Wildman–Crippen LogP) is 3.22. The van der Waals surface area contributed by atoms with Gasteiger partial charge >= 0.3 is 0 Å². The van der Waals surface area contributed by atoms with Crippen LogP contribution >= 0.6 is 11.8 Å². The van der Waals surface area contributed by atoms with Crippen LogP contribution in [0.3, 0.4) is 0 Å². The van der Waals surface area contributed by atoms with Crippen molar-refractivity contribution in [2.45, 2.75) is 36.8 Å². The third kappa shape index (κ3) is 2.55. The van der Waals surface area contributed by atoms with Gasteiger partial charge < -0.3 is 5.11 Å². The quantitative estimate of drug-likeness (QED) is 0.930. The van der Waals surface area contributed by atoms with Crippen molar-refractivity contribution >= 4 is 11.8 Å². The molecule has 1 aromatic heterocycles. The van der Waals surface area contributed by atoms with E-state index in [0.717, 1.165) is 24.3 Å². The monoisotopic (exact) mass is 274 g/mol. The number of hydrogen-bond acceptors (Lipinski definition) is 3. The molecule has 2 atom stereocenters. The van der Waals surface area contributed by atoms with Crippen LogP contribution in [-0.2, 0) is 6.54 Å². The molecule has 2 unspecified atom stereocenters. The van der Waals surface area contributed by atoms with Crippen molar-refractivity contribution in [1.82, 2.24) is 9.78 Å². The minimum Gasteiger partial charge on any atom is -0.388 e. The van der Waals surface area contributed by atoms with Gasteiger partial charge in [-0.05, 0) is 18.1 Å². The molecule has 1 aliphatic heterocycles. The van der Waals surface area contributed by atoms with E-state index in [9.17, 15) is 5.11 Å². The Kier molecular flexibility index (Phi) is 3.62. The number of aliphatic hydroxyl groups excluding tert-OH is 1. The number of nitrogens with zero attached hydrogens (tertiary/aromatic N) is 2. The molecule has 0 amide bonds. The molecular formula is C15H18N2OS. The van der Waals surface area contributed by atoms with E-state index in [1.54, 1.807) is 6.20 Å². The molecule has 0 aliphatic carbocycles. The maximum absolute atomic E-state index is 9.80. The number of aromatic nitrogens is 2. The van der Waals surface area contributed by atoms with Crippen LogP contribution in [0.25, 0.3) is 0 Å². The standard InChI is InChI=1S/C15H18N2OS/c1-2-14(18)11-7-16-17(8-11)9-12-10-19-15-6-4-3-5-13(12)15/h3-8,12,14,18H,2,9-10H2,1H3. The van der Waals surface area contributed by atoms with Gasteiger partial charge in [0, 0.05) is 34.9 Å². The van der Waals surface area contributed by atoms with Crippen molar-refractivity contribution < 1.29 is 5.11 Å². The molecule has 1 aliphatic rings. The van der Waals surface area contributed by atoms with Crippen LogP contribution in [0.4, 0.5) is 0 Å². The van der Waals surface area contributed by atoms with Gasteiger partial charge in [-0.25, -0.2) is 0 Å². The second kappa shape index (κ2) is 5.39. The zero-order chi connectivity index (χ0) is 13.2. The fraction of sp³-hybridized carbons (Fsp3) is 0.400. The van der Waals surface area contributed by atoms with Gasteiger partial charge in [0.1, 0.15) is 0 Å². The molecule has 100 valence electrons. The molecule has 0 radical (unpaired) electrons. The molecule has 0 saturated carbocycles. The topological polar surface area (TPSA) is 38.1 Å². The molecule has 3 nitrogen and oxygen atoms in total. The molecule has 19 heavy (non-hydrogen) atoms. The van der Waals surface area contributed by atoms with Crippen molar-refractivity contribution in [3.05, 3.63) is 47.8 Å². The minimum absolute atomic E-state index is 0.390.